The summed E-state index contributed by atoms with van der Waals surface area (Å²) in [4.78, 5) is 15.9. The lowest BCUT2D eigenvalue weighted by molar-refractivity contribution is -0.120. The van der Waals surface area contributed by atoms with Gasteiger partial charge < -0.3 is 16.2 Å². The number of hydrogen-bond donors (Lipinski definition) is 3. The Labute approximate surface area is 117 Å². The monoisotopic (exact) mass is 271 g/mol. The van der Waals surface area contributed by atoms with Crippen LogP contribution >= 0.6 is 0 Å². The molecule has 1 aromatic carbocycles. The van der Waals surface area contributed by atoms with E-state index in [4.69, 9.17) is 10.8 Å². The molecule has 0 fully saturated rings. The van der Waals surface area contributed by atoms with E-state index in [1.165, 1.54) is 6.20 Å². The fourth-order valence-corrected chi connectivity index (χ4v) is 1.81. The van der Waals surface area contributed by atoms with Gasteiger partial charge in [-0.1, -0.05) is 24.3 Å². The van der Waals surface area contributed by atoms with Crippen molar-refractivity contribution < 1.29 is 9.90 Å². The molecular weight excluding hydrogens is 254 g/mol. The summed E-state index contributed by atoms with van der Waals surface area (Å²) in [7, 11) is 0. The number of rotatable bonds is 5. The summed E-state index contributed by atoms with van der Waals surface area (Å²) in [6.07, 6.45) is 1.76. The Balaban J connectivity index is 1.87. The summed E-state index contributed by atoms with van der Waals surface area (Å²) >= 11 is 0. The summed E-state index contributed by atoms with van der Waals surface area (Å²) in [5.41, 5.74) is 8.58. The molecule has 0 saturated carbocycles. The van der Waals surface area contributed by atoms with Crippen LogP contribution in [0.2, 0.25) is 0 Å². The van der Waals surface area contributed by atoms with Crippen molar-refractivity contribution in [3.8, 4) is 0 Å². The van der Waals surface area contributed by atoms with Gasteiger partial charge in [0.2, 0.25) is 5.91 Å². The molecule has 0 radical (unpaired) electrons. The van der Waals surface area contributed by atoms with Crippen LogP contribution in [0, 0.1) is 0 Å². The minimum Gasteiger partial charge on any atom is -0.397 e. The number of hydrogen-bond acceptors (Lipinski definition) is 4. The molecule has 0 spiro atoms. The number of amides is 1. The Bertz CT molecular complexity index is 582. The molecule has 0 saturated heterocycles. The average Bonchev–Trinajstić information content (AvgIpc) is 2.48. The van der Waals surface area contributed by atoms with E-state index in [0.717, 1.165) is 11.1 Å². The Hall–Kier alpha value is -2.40. The van der Waals surface area contributed by atoms with Crippen LogP contribution in [0.15, 0.2) is 42.6 Å². The van der Waals surface area contributed by atoms with E-state index in [9.17, 15) is 4.79 Å². The third kappa shape index (κ3) is 4.07. The van der Waals surface area contributed by atoms with Crippen LogP contribution in [-0.2, 0) is 24.4 Å². The number of pyridine rings is 1. The third-order valence-electron chi connectivity index (χ3n) is 2.85. The zero-order chi connectivity index (χ0) is 14.4. The number of aromatic nitrogens is 1. The highest BCUT2D eigenvalue weighted by molar-refractivity contribution is 5.78. The number of nitrogens with two attached hydrogens (primary N) is 1. The van der Waals surface area contributed by atoms with Crippen molar-refractivity contribution in [1.82, 2.24) is 10.3 Å². The van der Waals surface area contributed by atoms with E-state index in [0.29, 0.717) is 17.9 Å². The van der Waals surface area contributed by atoms with Crippen LogP contribution in [0.1, 0.15) is 16.8 Å². The first-order chi connectivity index (χ1) is 9.67. The standard InChI is InChI=1S/C15H17N3O2/c16-13-4-5-14(17-9-13)7-15(20)18-8-11-2-1-3-12(6-11)10-19/h1-6,9,19H,7-8,10,16H2,(H,18,20). The molecule has 5 heteroatoms. The number of nitrogens with zero attached hydrogens (tertiary/aromatic N) is 1. The van der Waals surface area contributed by atoms with Crippen molar-refractivity contribution in [2.24, 2.45) is 0 Å². The second kappa shape index (κ2) is 6.68. The number of nitrogens with one attached hydrogen (secondary N) is 1. The molecule has 0 bridgehead atoms. The highest BCUT2D eigenvalue weighted by Gasteiger charge is 2.04. The SMILES string of the molecule is Nc1ccc(CC(=O)NCc2cccc(CO)c2)nc1. The molecule has 0 aliphatic heterocycles. The first-order valence-corrected chi connectivity index (χ1v) is 6.33. The summed E-state index contributed by atoms with van der Waals surface area (Å²) in [6, 6.07) is 10.9. The molecule has 0 aliphatic rings. The summed E-state index contributed by atoms with van der Waals surface area (Å²) in [6.45, 7) is 0.429. The highest BCUT2D eigenvalue weighted by Crippen LogP contribution is 2.05. The lowest BCUT2D eigenvalue weighted by atomic mass is 10.1. The molecule has 1 aromatic heterocycles. The van der Waals surface area contributed by atoms with Crippen LogP contribution in [0.5, 0.6) is 0 Å². The van der Waals surface area contributed by atoms with Crippen LogP contribution in [0.25, 0.3) is 0 Å². The normalized spacial score (nSPS) is 10.2. The van der Waals surface area contributed by atoms with Gasteiger partial charge in [-0.2, -0.15) is 0 Å². The molecule has 1 amide bonds. The molecule has 0 atom stereocenters. The van der Waals surface area contributed by atoms with Crippen LogP contribution in [0.4, 0.5) is 5.69 Å². The van der Waals surface area contributed by atoms with E-state index in [1.54, 1.807) is 12.1 Å². The van der Waals surface area contributed by atoms with Crippen LogP contribution in [0.3, 0.4) is 0 Å². The maximum Gasteiger partial charge on any atom is 0.226 e. The molecule has 104 valence electrons. The summed E-state index contributed by atoms with van der Waals surface area (Å²) in [5, 5.41) is 11.9. The topological polar surface area (TPSA) is 88.2 Å². The molecule has 0 aliphatic carbocycles. The Morgan fingerprint density at radius 3 is 2.75 bits per heavy atom. The van der Waals surface area contributed by atoms with Gasteiger partial charge in [0.1, 0.15) is 0 Å². The number of aliphatic hydroxyl groups is 1. The first kappa shape index (κ1) is 14.0. The van der Waals surface area contributed by atoms with Crippen molar-refractivity contribution in [2.75, 3.05) is 5.73 Å². The minimum atomic E-state index is -0.100. The zero-order valence-electron chi connectivity index (χ0n) is 11.0. The molecule has 1 heterocycles. The molecule has 4 N–H and O–H groups in total. The quantitative estimate of drug-likeness (QED) is 0.757. The maximum atomic E-state index is 11.8. The van der Waals surface area contributed by atoms with Gasteiger partial charge in [-0.25, -0.2) is 0 Å². The lowest BCUT2D eigenvalue weighted by Crippen LogP contribution is -2.24. The number of benzene rings is 1. The fraction of sp³-hybridized carbons (Fsp3) is 0.200. The molecule has 20 heavy (non-hydrogen) atoms. The predicted octanol–water partition coefficient (Wildman–Crippen LogP) is 1.01. The van der Waals surface area contributed by atoms with Crippen molar-refractivity contribution >= 4 is 11.6 Å². The number of anilines is 1. The predicted molar refractivity (Wildman–Crippen MR) is 76.6 cm³/mol. The highest BCUT2D eigenvalue weighted by atomic mass is 16.3. The molecule has 2 rings (SSSR count). The molecule has 5 nitrogen and oxygen atoms in total. The van der Waals surface area contributed by atoms with E-state index >= 15 is 0 Å². The average molecular weight is 271 g/mol. The number of carbonyl (C=O) groups excluding carboxylic acids is 1. The molecular formula is C15H17N3O2. The number of carbonyl (C=O) groups is 1. The van der Waals surface area contributed by atoms with E-state index in [-0.39, 0.29) is 18.9 Å². The largest absolute Gasteiger partial charge is 0.397 e. The summed E-state index contributed by atoms with van der Waals surface area (Å²) in [5.74, 6) is -0.100. The van der Waals surface area contributed by atoms with E-state index < -0.39 is 0 Å². The van der Waals surface area contributed by atoms with Crippen molar-refractivity contribution in [1.29, 1.82) is 0 Å². The van der Waals surface area contributed by atoms with Crippen molar-refractivity contribution in [3.63, 3.8) is 0 Å². The van der Waals surface area contributed by atoms with E-state index in [1.807, 2.05) is 24.3 Å². The van der Waals surface area contributed by atoms with Crippen LogP contribution in [-0.4, -0.2) is 16.0 Å². The number of aliphatic hydroxyl groups excluding tert-OH is 1. The molecule has 0 unspecified atom stereocenters. The first-order valence-electron chi connectivity index (χ1n) is 6.33. The van der Waals surface area contributed by atoms with Gasteiger partial charge in [-0.15, -0.1) is 0 Å². The van der Waals surface area contributed by atoms with Gasteiger partial charge in [-0.3, -0.25) is 9.78 Å². The van der Waals surface area contributed by atoms with Crippen LogP contribution < -0.4 is 11.1 Å². The summed E-state index contributed by atoms with van der Waals surface area (Å²) < 4.78 is 0. The minimum absolute atomic E-state index is 0.00283. The second-order valence-electron chi connectivity index (χ2n) is 4.51. The van der Waals surface area contributed by atoms with Gasteiger partial charge in [-0.05, 0) is 23.3 Å². The van der Waals surface area contributed by atoms with Crippen molar-refractivity contribution in [2.45, 2.75) is 19.6 Å². The second-order valence-corrected chi connectivity index (χ2v) is 4.51. The van der Waals surface area contributed by atoms with E-state index in [2.05, 4.69) is 10.3 Å². The molecule has 2 aromatic rings. The van der Waals surface area contributed by atoms with Crippen molar-refractivity contribution in [3.05, 3.63) is 59.4 Å². The Kier molecular flexibility index (Phi) is 4.68. The van der Waals surface area contributed by atoms with Gasteiger partial charge >= 0.3 is 0 Å². The van der Waals surface area contributed by atoms with Gasteiger partial charge in [0.15, 0.2) is 0 Å². The smallest absolute Gasteiger partial charge is 0.226 e. The lowest BCUT2D eigenvalue weighted by Gasteiger charge is -2.06. The van der Waals surface area contributed by atoms with Gasteiger partial charge in [0, 0.05) is 12.2 Å². The fourth-order valence-electron chi connectivity index (χ4n) is 1.81. The Morgan fingerprint density at radius 2 is 2.05 bits per heavy atom. The maximum absolute atomic E-state index is 11.8. The number of nitrogen functional groups attached to an aromatic ring is 1. The Morgan fingerprint density at radius 1 is 1.25 bits per heavy atom. The van der Waals surface area contributed by atoms with Gasteiger partial charge in [0.05, 0.1) is 24.9 Å². The zero-order valence-corrected chi connectivity index (χ0v) is 11.0. The van der Waals surface area contributed by atoms with Gasteiger partial charge in [0.25, 0.3) is 0 Å². The third-order valence-corrected chi connectivity index (χ3v) is 2.85.